The predicted octanol–water partition coefficient (Wildman–Crippen LogP) is 2.90. The molecule has 4 rings (SSSR count). The van der Waals surface area contributed by atoms with Crippen molar-refractivity contribution in [3.05, 3.63) is 60.2 Å². The fourth-order valence-electron chi connectivity index (χ4n) is 4.08. The highest BCUT2D eigenvalue weighted by Crippen LogP contribution is 2.21. The normalized spacial score (nSPS) is 17.8. The Morgan fingerprint density at radius 3 is 2.09 bits per heavy atom. The van der Waals surface area contributed by atoms with Crippen molar-refractivity contribution in [2.45, 2.75) is 36.6 Å². The molecule has 2 aromatic rings. The van der Waals surface area contributed by atoms with E-state index in [9.17, 15) is 18.0 Å². The Morgan fingerprint density at radius 1 is 0.844 bits per heavy atom. The first-order chi connectivity index (χ1) is 15.4. The molecule has 0 saturated carbocycles. The van der Waals surface area contributed by atoms with Crippen LogP contribution in [0.2, 0.25) is 0 Å². The van der Waals surface area contributed by atoms with Gasteiger partial charge in [0.1, 0.15) is 0 Å². The van der Waals surface area contributed by atoms with E-state index in [0.29, 0.717) is 44.6 Å². The van der Waals surface area contributed by atoms with Gasteiger partial charge in [-0.1, -0.05) is 18.2 Å². The molecule has 0 atom stereocenters. The largest absolute Gasteiger partial charge is 0.349 e. The van der Waals surface area contributed by atoms with Crippen molar-refractivity contribution in [3.8, 4) is 0 Å². The maximum absolute atomic E-state index is 12.6. The van der Waals surface area contributed by atoms with Gasteiger partial charge in [-0.25, -0.2) is 13.2 Å². The summed E-state index contributed by atoms with van der Waals surface area (Å²) in [6, 6.07) is 15.2. The monoisotopic (exact) mass is 456 g/mol. The van der Waals surface area contributed by atoms with Crippen LogP contribution in [0.3, 0.4) is 0 Å². The lowest BCUT2D eigenvalue weighted by Gasteiger charge is -2.32. The van der Waals surface area contributed by atoms with Crippen molar-refractivity contribution in [1.29, 1.82) is 0 Å². The van der Waals surface area contributed by atoms with Gasteiger partial charge in [-0.15, -0.1) is 0 Å². The third-order valence-electron chi connectivity index (χ3n) is 5.96. The Balaban J connectivity index is 1.28. The number of hydrogen-bond donors (Lipinski definition) is 2. The SMILES string of the molecule is O=C(NC1CCN(C(=O)Nc2ccccc2)CC1)c1ccc(S(=O)(=O)N2CCCC2)cc1. The number of anilines is 1. The molecule has 0 aromatic heterocycles. The average molecular weight is 457 g/mol. The number of para-hydroxylation sites is 1. The Hall–Kier alpha value is -2.91. The fraction of sp³-hybridized carbons (Fsp3) is 0.391. The highest BCUT2D eigenvalue weighted by Gasteiger charge is 2.28. The minimum atomic E-state index is -3.49. The van der Waals surface area contributed by atoms with Crippen LogP contribution in [-0.4, -0.2) is 61.8 Å². The van der Waals surface area contributed by atoms with Gasteiger partial charge >= 0.3 is 6.03 Å². The first-order valence-electron chi connectivity index (χ1n) is 11.0. The molecular formula is C23H28N4O4S. The van der Waals surface area contributed by atoms with Gasteiger partial charge in [0, 0.05) is 43.5 Å². The topological polar surface area (TPSA) is 98.8 Å². The molecule has 0 bridgehead atoms. The summed E-state index contributed by atoms with van der Waals surface area (Å²) in [4.78, 5) is 27.0. The van der Waals surface area contributed by atoms with Crippen molar-refractivity contribution in [3.63, 3.8) is 0 Å². The van der Waals surface area contributed by atoms with E-state index in [0.717, 1.165) is 18.5 Å². The zero-order valence-corrected chi connectivity index (χ0v) is 18.7. The number of nitrogens with one attached hydrogen (secondary N) is 2. The first kappa shape index (κ1) is 22.3. The molecule has 0 aliphatic carbocycles. The summed E-state index contributed by atoms with van der Waals surface area (Å²) in [6.45, 7) is 2.20. The van der Waals surface area contributed by atoms with E-state index >= 15 is 0 Å². The average Bonchev–Trinajstić information content (AvgIpc) is 3.36. The van der Waals surface area contributed by atoms with E-state index < -0.39 is 10.0 Å². The molecule has 170 valence electrons. The zero-order valence-electron chi connectivity index (χ0n) is 17.9. The summed E-state index contributed by atoms with van der Waals surface area (Å²) >= 11 is 0. The second kappa shape index (κ2) is 9.70. The van der Waals surface area contributed by atoms with Crippen molar-refractivity contribution in [1.82, 2.24) is 14.5 Å². The molecule has 2 aliphatic rings. The van der Waals surface area contributed by atoms with Crippen molar-refractivity contribution < 1.29 is 18.0 Å². The van der Waals surface area contributed by atoms with Crippen LogP contribution in [0.5, 0.6) is 0 Å². The van der Waals surface area contributed by atoms with E-state index in [1.165, 1.54) is 16.4 Å². The molecular weight excluding hydrogens is 428 g/mol. The number of likely N-dealkylation sites (tertiary alicyclic amines) is 1. The van der Waals surface area contributed by atoms with Crippen LogP contribution in [0.4, 0.5) is 10.5 Å². The van der Waals surface area contributed by atoms with E-state index in [1.54, 1.807) is 17.0 Å². The minimum Gasteiger partial charge on any atom is -0.349 e. The Bertz CT molecular complexity index is 1040. The van der Waals surface area contributed by atoms with Gasteiger partial charge in [-0.05, 0) is 62.1 Å². The number of nitrogens with zero attached hydrogens (tertiary/aromatic N) is 2. The Kier molecular flexibility index (Phi) is 6.76. The molecule has 9 heteroatoms. The van der Waals surface area contributed by atoms with Crippen LogP contribution in [-0.2, 0) is 10.0 Å². The number of hydrogen-bond acceptors (Lipinski definition) is 4. The molecule has 2 N–H and O–H groups in total. The summed E-state index contributed by atoms with van der Waals surface area (Å²) in [6.07, 6.45) is 3.09. The Morgan fingerprint density at radius 2 is 1.47 bits per heavy atom. The number of urea groups is 1. The molecule has 0 radical (unpaired) electrons. The molecule has 2 fully saturated rings. The predicted molar refractivity (Wildman–Crippen MR) is 122 cm³/mol. The summed E-state index contributed by atoms with van der Waals surface area (Å²) in [5.41, 5.74) is 1.18. The summed E-state index contributed by atoms with van der Waals surface area (Å²) in [5.74, 6) is -0.234. The highest BCUT2D eigenvalue weighted by atomic mass is 32.2. The summed E-state index contributed by atoms with van der Waals surface area (Å²) < 4.78 is 26.7. The van der Waals surface area contributed by atoms with Crippen LogP contribution in [0.15, 0.2) is 59.5 Å². The van der Waals surface area contributed by atoms with Crippen molar-refractivity contribution >= 4 is 27.6 Å². The van der Waals surface area contributed by atoms with Crippen LogP contribution in [0, 0.1) is 0 Å². The van der Waals surface area contributed by atoms with Crippen LogP contribution >= 0.6 is 0 Å². The molecule has 3 amide bonds. The summed E-state index contributed by atoms with van der Waals surface area (Å²) in [5, 5.41) is 5.88. The molecule has 0 unspecified atom stereocenters. The second-order valence-electron chi connectivity index (χ2n) is 8.17. The number of rotatable bonds is 5. The van der Waals surface area contributed by atoms with Crippen LogP contribution < -0.4 is 10.6 Å². The van der Waals surface area contributed by atoms with Gasteiger partial charge in [0.25, 0.3) is 5.91 Å². The molecule has 2 saturated heterocycles. The van der Waals surface area contributed by atoms with Gasteiger partial charge in [0.2, 0.25) is 10.0 Å². The maximum Gasteiger partial charge on any atom is 0.321 e. The van der Waals surface area contributed by atoms with Crippen molar-refractivity contribution in [2.24, 2.45) is 0 Å². The number of carbonyl (C=O) groups excluding carboxylic acids is 2. The highest BCUT2D eigenvalue weighted by molar-refractivity contribution is 7.89. The van der Waals surface area contributed by atoms with Gasteiger partial charge in [0.05, 0.1) is 4.90 Å². The van der Waals surface area contributed by atoms with Gasteiger partial charge in [-0.3, -0.25) is 4.79 Å². The number of amides is 3. The van der Waals surface area contributed by atoms with E-state index in [2.05, 4.69) is 10.6 Å². The minimum absolute atomic E-state index is 0.0312. The van der Waals surface area contributed by atoms with E-state index in [-0.39, 0.29) is 22.9 Å². The lowest BCUT2D eigenvalue weighted by atomic mass is 10.0. The van der Waals surface area contributed by atoms with Crippen LogP contribution in [0.1, 0.15) is 36.0 Å². The van der Waals surface area contributed by atoms with E-state index in [4.69, 9.17) is 0 Å². The standard InChI is InChI=1S/C23H28N4O4S/c28-22(18-8-10-21(11-9-18)32(30,31)27-14-4-5-15-27)24-20-12-16-26(17-13-20)23(29)25-19-6-2-1-3-7-19/h1-3,6-11,20H,4-5,12-17H2,(H,24,28)(H,25,29). The van der Waals surface area contributed by atoms with Gasteiger partial charge in [-0.2, -0.15) is 4.31 Å². The molecule has 2 heterocycles. The van der Waals surface area contributed by atoms with Crippen LogP contribution in [0.25, 0.3) is 0 Å². The molecule has 0 spiro atoms. The number of benzene rings is 2. The molecule has 32 heavy (non-hydrogen) atoms. The third kappa shape index (κ3) is 5.11. The number of sulfonamides is 1. The lowest BCUT2D eigenvalue weighted by Crippen LogP contribution is -2.47. The smallest absolute Gasteiger partial charge is 0.321 e. The number of piperidine rings is 1. The molecule has 2 aliphatic heterocycles. The van der Waals surface area contributed by atoms with Gasteiger partial charge in [0.15, 0.2) is 0 Å². The third-order valence-corrected chi connectivity index (χ3v) is 7.87. The number of carbonyl (C=O) groups is 2. The van der Waals surface area contributed by atoms with E-state index in [1.807, 2.05) is 30.3 Å². The first-order valence-corrected chi connectivity index (χ1v) is 12.4. The Labute approximate surface area is 188 Å². The molecule has 2 aromatic carbocycles. The van der Waals surface area contributed by atoms with Crippen molar-refractivity contribution in [2.75, 3.05) is 31.5 Å². The zero-order chi connectivity index (χ0) is 22.6. The quantitative estimate of drug-likeness (QED) is 0.723. The maximum atomic E-state index is 12.6. The fourth-order valence-corrected chi connectivity index (χ4v) is 5.59. The molecule has 8 nitrogen and oxygen atoms in total. The summed E-state index contributed by atoms with van der Waals surface area (Å²) in [7, 11) is -3.49. The second-order valence-corrected chi connectivity index (χ2v) is 10.1. The van der Waals surface area contributed by atoms with Gasteiger partial charge < -0.3 is 15.5 Å². The lowest BCUT2D eigenvalue weighted by molar-refractivity contribution is 0.0919.